The fraction of sp³-hybridized carbons (Fsp3) is 0.625. The molecule has 1 heterocycles. The second kappa shape index (κ2) is 8.25. The molecule has 1 aliphatic heterocycles. The summed E-state index contributed by atoms with van der Waals surface area (Å²) in [7, 11) is 0. The summed E-state index contributed by atoms with van der Waals surface area (Å²) < 4.78 is 11.3. The van der Waals surface area contributed by atoms with Crippen LogP contribution in [0.15, 0.2) is 24.3 Å². The summed E-state index contributed by atoms with van der Waals surface area (Å²) in [5.41, 5.74) is 2.71. The van der Waals surface area contributed by atoms with Gasteiger partial charge in [0, 0.05) is 51.5 Å². The monoisotopic (exact) mass is 278 g/mol. The van der Waals surface area contributed by atoms with Gasteiger partial charge in [-0.1, -0.05) is 18.2 Å². The molecule has 20 heavy (non-hydrogen) atoms. The largest absolute Gasteiger partial charge is 0.370 e. The van der Waals surface area contributed by atoms with Crippen molar-refractivity contribution in [1.82, 2.24) is 5.32 Å². The minimum Gasteiger partial charge on any atom is -0.370 e. The van der Waals surface area contributed by atoms with E-state index in [9.17, 15) is 0 Å². The summed E-state index contributed by atoms with van der Waals surface area (Å²) in [6.07, 6.45) is 0.809. The highest BCUT2D eigenvalue weighted by molar-refractivity contribution is 5.54. The van der Waals surface area contributed by atoms with Crippen molar-refractivity contribution in [3.05, 3.63) is 29.8 Å². The third-order valence-corrected chi connectivity index (χ3v) is 3.55. The lowest BCUT2D eigenvalue weighted by atomic mass is 10.1. The zero-order valence-electron chi connectivity index (χ0n) is 12.6. The molecule has 1 N–H and O–H groups in total. The molecule has 1 aromatic carbocycles. The maximum Gasteiger partial charge on any atom is 0.159 e. The topological polar surface area (TPSA) is 33.7 Å². The number of benzene rings is 1. The van der Waals surface area contributed by atoms with E-state index in [1.54, 1.807) is 0 Å². The molecule has 0 saturated heterocycles. The zero-order chi connectivity index (χ0) is 14.2. The summed E-state index contributed by atoms with van der Waals surface area (Å²) in [5, 5.41) is 3.47. The Morgan fingerprint density at radius 3 is 2.70 bits per heavy atom. The number of anilines is 1. The van der Waals surface area contributed by atoms with Crippen molar-refractivity contribution < 1.29 is 9.47 Å². The van der Waals surface area contributed by atoms with E-state index >= 15 is 0 Å². The lowest BCUT2D eigenvalue weighted by Gasteiger charge is -2.27. The van der Waals surface area contributed by atoms with Crippen molar-refractivity contribution in [2.45, 2.75) is 33.1 Å². The molecule has 4 nitrogen and oxygen atoms in total. The highest BCUT2D eigenvalue weighted by atomic mass is 16.7. The Labute approximate surface area is 122 Å². The van der Waals surface area contributed by atoms with Crippen LogP contribution in [0.1, 0.15) is 25.8 Å². The molecule has 0 spiro atoms. The number of nitrogens with one attached hydrogen (secondary N) is 1. The van der Waals surface area contributed by atoms with Crippen molar-refractivity contribution in [3.63, 3.8) is 0 Å². The van der Waals surface area contributed by atoms with Gasteiger partial charge in [0.05, 0.1) is 0 Å². The molecule has 0 unspecified atom stereocenters. The summed E-state index contributed by atoms with van der Waals surface area (Å²) in [6, 6.07) is 8.62. The van der Waals surface area contributed by atoms with E-state index in [4.69, 9.17) is 9.47 Å². The smallest absolute Gasteiger partial charge is 0.159 e. The van der Waals surface area contributed by atoms with E-state index in [2.05, 4.69) is 34.5 Å². The molecule has 1 aliphatic rings. The van der Waals surface area contributed by atoms with E-state index < -0.39 is 0 Å². The third kappa shape index (κ3) is 4.20. The Balaban J connectivity index is 1.97. The van der Waals surface area contributed by atoms with Crippen LogP contribution in [0.25, 0.3) is 0 Å². The molecule has 1 aromatic rings. The average molecular weight is 278 g/mol. The van der Waals surface area contributed by atoms with Gasteiger partial charge in [-0.2, -0.15) is 0 Å². The van der Waals surface area contributed by atoms with Gasteiger partial charge in [0.1, 0.15) is 0 Å². The van der Waals surface area contributed by atoms with Crippen molar-refractivity contribution >= 4 is 5.69 Å². The molecule has 0 aromatic heterocycles. The standard InChI is InChI=1S/C16H26N2O2/c1-3-19-16(20-4-2)9-11-18-12-10-17-13-14-7-5-6-8-15(14)18/h5-8,16-17H,3-4,9-13H2,1-2H3. The fourth-order valence-corrected chi connectivity index (χ4v) is 2.61. The molecule has 4 heteroatoms. The number of hydrogen-bond donors (Lipinski definition) is 1. The quantitative estimate of drug-likeness (QED) is 0.777. The summed E-state index contributed by atoms with van der Waals surface area (Å²) >= 11 is 0. The summed E-state index contributed by atoms with van der Waals surface area (Å²) in [6.45, 7) is 9.38. The molecule has 0 saturated carbocycles. The molecular weight excluding hydrogens is 252 g/mol. The SMILES string of the molecule is CCOC(CCN1CCNCc2ccccc21)OCC. The summed E-state index contributed by atoms with van der Waals surface area (Å²) in [5.74, 6) is 0. The van der Waals surface area contributed by atoms with Gasteiger partial charge in [0.2, 0.25) is 0 Å². The van der Waals surface area contributed by atoms with Crippen molar-refractivity contribution in [2.24, 2.45) is 0 Å². The number of fused-ring (bicyclic) bond motifs is 1. The van der Waals surface area contributed by atoms with Gasteiger partial charge in [0.25, 0.3) is 0 Å². The van der Waals surface area contributed by atoms with Crippen LogP contribution in [0.3, 0.4) is 0 Å². The number of ether oxygens (including phenoxy) is 2. The second-order valence-corrected chi connectivity index (χ2v) is 4.92. The highest BCUT2D eigenvalue weighted by Crippen LogP contribution is 2.22. The molecular formula is C16H26N2O2. The summed E-state index contributed by atoms with van der Waals surface area (Å²) in [4.78, 5) is 2.43. The van der Waals surface area contributed by atoms with E-state index in [0.717, 1.165) is 32.6 Å². The second-order valence-electron chi connectivity index (χ2n) is 4.92. The van der Waals surface area contributed by atoms with E-state index in [1.807, 2.05) is 13.8 Å². The first kappa shape index (κ1) is 15.3. The molecule has 0 atom stereocenters. The van der Waals surface area contributed by atoms with Crippen molar-refractivity contribution in [2.75, 3.05) is 37.7 Å². The van der Waals surface area contributed by atoms with Crippen LogP contribution in [0, 0.1) is 0 Å². The molecule has 0 fully saturated rings. The van der Waals surface area contributed by atoms with Gasteiger partial charge in [-0.3, -0.25) is 0 Å². The minimum absolute atomic E-state index is 0.0895. The van der Waals surface area contributed by atoms with Crippen LogP contribution >= 0.6 is 0 Å². The Morgan fingerprint density at radius 1 is 1.20 bits per heavy atom. The van der Waals surface area contributed by atoms with Gasteiger partial charge < -0.3 is 19.7 Å². The zero-order valence-corrected chi connectivity index (χ0v) is 12.6. The number of nitrogens with zero attached hydrogens (tertiary/aromatic N) is 1. The van der Waals surface area contributed by atoms with Crippen molar-refractivity contribution in [1.29, 1.82) is 0 Å². The average Bonchev–Trinajstić information content (AvgIpc) is 2.67. The lowest BCUT2D eigenvalue weighted by Crippen LogP contribution is -2.32. The number of para-hydroxylation sites is 1. The first-order chi connectivity index (χ1) is 9.85. The van der Waals surface area contributed by atoms with E-state index in [1.165, 1.54) is 11.3 Å². The highest BCUT2D eigenvalue weighted by Gasteiger charge is 2.16. The Hall–Kier alpha value is -1.10. The van der Waals surface area contributed by atoms with Crippen LogP contribution < -0.4 is 10.2 Å². The molecule has 0 radical (unpaired) electrons. The minimum atomic E-state index is -0.0895. The lowest BCUT2D eigenvalue weighted by molar-refractivity contribution is -0.138. The van der Waals surface area contributed by atoms with Gasteiger partial charge in [0.15, 0.2) is 6.29 Å². The number of rotatable bonds is 7. The van der Waals surface area contributed by atoms with Gasteiger partial charge >= 0.3 is 0 Å². The maximum absolute atomic E-state index is 5.63. The molecule has 112 valence electrons. The Morgan fingerprint density at radius 2 is 1.95 bits per heavy atom. The predicted molar refractivity (Wildman–Crippen MR) is 82.0 cm³/mol. The fourth-order valence-electron chi connectivity index (χ4n) is 2.61. The molecule has 0 amide bonds. The Bertz CT molecular complexity index is 392. The van der Waals surface area contributed by atoms with Crippen LogP contribution in [0.2, 0.25) is 0 Å². The van der Waals surface area contributed by atoms with Crippen LogP contribution in [-0.2, 0) is 16.0 Å². The van der Waals surface area contributed by atoms with Crippen molar-refractivity contribution in [3.8, 4) is 0 Å². The molecule has 0 aliphatic carbocycles. The van der Waals surface area contributed by atoms with E-state index in [0.29, 0.717) is 13.2 Å². The number of hydrogen-bond acceptors (Lipinski definition) is 4. The normalized spacial score (nSPS) is 15.2. The first-order valence-corrected chi connectivity index (χ1v) is 7.62. The van der Waals surface area contributed by atoms with E-state index in [-0.39, 0.29) is 6.29 Å². The third-order valence-electron chi connectivity index (χ3n) is 3.55. The van der Waals surface area contributed by atoms with Crippen LogP contribution in [-0.4, -0.2) is 39.1 Å². The first-order valence-electron chi connectivity index (χ1n) is 7.62. The molecule has 0 bridgehead atoms. The van der Waals surface area contributed by atoms with Gasteiger partial charge in [-0.05, 0) is 25.5 Å². The van der Waals surface area contributed by atoms with Gasteiger partial charge in [-0.25, -0.2) is 0 Å². The van der Waals surface area contributed by atoms with Crippen LogP contribution in [0.4, 0.5) is 5.69 Å². The van der Waals surface area contributed by atoms with Gasteiger partial charge in [-0.15, -0.1) is 0 Å². The maximum atomic E-state index is 5.63. The predicted octanol–water partition coefficient (Wildman–Crippen LogP) is 2.39. The Kier molecular flexibility index (Phi) is 6.30. The molecule has 2 rings (SSSR count). The van der Waals surface area contributed by atoms with Crippen LogP contribution in [0.5, 0.6) is 0 Å².